The zero-order chi connectivity index (χ0) is 14.5. The van der Waals surface area contributed by atoms with Crippen LogP contribution < -0.4 is 14.8 Å². The molecule has 0 atom stereocenters. The predicted molar refractivity (Wildman–Crippen MR) is 85.0 cm³/mol. The molecule has 0 aliphatic heterocycles. The van der Waals surface area contributed by atoms with E-state index >= 15 is 0 Å². The molecule has 0 heterocycles. The summed E-state index contributed by atoms with van der Waals surface area (Å²) in [7, 11) is 0. The highest BCUT2D eigenvalue weighted by atomic mass is 16.5. The van der Waals surface area contributed by atoms with Crippen molar-refractivity contribution in [3.05, 3.63) is 24.3 Å². The van der Waals surface area contributed by atoms with Crippen molar-refractivity contribution < 1.29 is 9.47 Å². The van der Waals surface area contributed by atoms with E-state index in [1.54, 1.807) is 0 Å². The van der Waals surface area contributed by atoms with Gasteiger partial charge in [0.05, 0.1) is 13.2 Å². The molecule has 0 radical (unpaired) electrons. The van der Waals surface area contributed by atoms with E-state index in [4.69, 9.17) is 9.47 Å². The second kappa shape index (κ2) is 6.69. The standard InChI is InChI=1S/C18H27NO2/c1-2-20-16-6-3-4-7-17(16)21-13-12-18(10-5-11-18)14-19-15-8-9-15/h3-4,6-7,15,19H,2,5,8-14H2,1H3. The highest BCUT2D eigenvalue weighted by Gasteiger charge is 2.37. The van der Waals surface area contributed by atoms with E-state index in [-0.39, 0.29) is 0 Å². The predicted octanol–water partition coefficient (Wildman–Crippen LogP) is 3.78. The van der Waals surface area contributed by atoms with Crippen LogP contribution in [0.3, 0.4) is 0 Å². The third-order valence-electron chi connectivity index (χ3n) is 4.80. The molecule has 0 bridgehead atoms. The van der Waals surface area contributed by atoms with E-state index in [0.29, 0.717) is 12.0 Å². The van der Waals surface area contributed by atoms with E-state index < -0.39 is 0 Å². The molecular weight excluding hydrogens is 262 g/mol. The number of para-hydroxylation sites is 2. The van der Waals surface area contributed by atoms with Crippen molar-refractivity contribution >= 4 is 0 Å². The Morgan fingerprint density at radius 1 is 1.14 bits per heavy atom. The minimum atomic E-state index is 0.489. The number of benzene rings is 1. The quantitative estimate of drug-likeness (QED) is 0.750. The average molecular weight is 289 g/mol. The summed E-state index contributed by atoms with van der Waals surface area (Å²) in [5, 5.41) is 3.70. The van der Waals surface area contributed by atoms with Crippen molar-refractivity contribution in [3.63, 3.8) is 0 Å². The van der Waals surface area contributed by atoms with Gasteiger partial charge in [0.15, 0.2) is 11.5 Å². The van der Waals surface area contributed by atoms with E-state index in [1.165, 1.54) is 38.6 Å². The minimum Gasteiger partial charge on any atom is -0.490 e. The second-order valence-corrected chi connectivity index (χ2v) is 6.49. The lowest BCUT2D eigenvalue weighted by Crippen LogP contribution is -2.41. The first kappa shape index (κ1) is 14.7. The summed E-state index contributed by atoms with van der Waals surface area (Å²) in [5.74, 6) is 1.74. The van der Waals surface area contributed by atoms with Crippen LogP contribution >= 0.6 is 0 Å². The number of hydrogen-bond acceptors (Lipinski definition) is 3. The van der Waals surface area contributed by atoms with Crippen molar-refractivity contribution in [2.75, 3.05) is 19.8 Å². The van der Waals surface area contributed by atoms with Crippen LogP contribution in [0, 0.1) is 5.41 Å². The van der Waals surface area contributed by atoms with E-state index in [9.17, 15) is 0 Å². The Labute approximate surface area is 128 Å². The van der Waals surface area contributed by atoms with Crippen LogP contribution in [-0.2, 0) is 0 Å². The Morgan fingerprint density at radius 3 is 2.43 bits per heavy atom. The van der Waals surface area contributed by atoms with Gasteiger partial charge in [-0.3, -0.25) is 0 Å². The van der Waals surface area contributed by atoms with Gasteiger partial charge in [0.1, 0.15) is 0 Å². The van der Waals surface area contributed by atoms with Gasteiger partial charge in [0, 0.05) is 12.6 Å². The van der Waals surface area contributed by atoms with Gasteiger partial charge in [0.2, 0.25) is 0 Å². The minimum absolute atomic E-state index is 0.489. The number of nitrogens with one attached hydrogen (secondary N) is 1. The molecule has 116 valence electrons. The first-order chi connectivity index (χ1) is 10.3. The van der Waals surface area contributed by atoms with Gasteiger partial charge in [-0.05, 0) is 56.6 Å². The van der Waals surface area contributed by atoms with Crippen LogP contribution in [0.25, 0.3) is 0 Å². The van der Waals surface area contributed by atoms with Gasteiger partial charge in [-0.15, -0.1) is 0 Å². The fourth-order valence-electron chi connectivity index (χ4n) is 3.06. The summed E-state index contributed by atoms with van der Waals surface area (Å²) in [6, 6.07) is 8.78. The molecule has 2 aliphatic rings. The molecular formula is C18H27NO2. The highest BCUT2D eigenvalue weighted by Crippen LogP contribution is 2.44. The number of rotatable bonds is 9. The lowest BCUT2D eigenvalue weighted by molar-refractivity contribution is 0.0906. The van der Waals surface area contributed by atoms with E-state index in [2.05, 4.69) is 5.32 Å². The molecule has 21 heavy (non-hydrogen) atoms. The van der Waals surface area contributed by atoms with Crippen molar-refractivity contribution in [1.29, 1.82) is 0 Å². The molecule has 3 nitrogen and oxygen atoms in total. The van der Waals surface area contributed by atoms with Gasteiger partial charge in [-0.1, -0.05) is 18.6 Å². The van der Waals surface area contributed by atoms with Crippen molar-refractivity contribution in [1.82, 2.24) is 5.32 Å². The zero-order valence-electron chi connectivity index (χ0n) is 13.1. The monoisotopic (exact) mass is 289 g/mol. The summed E-state index contributed by atoms with van der Waals surface area (Å²) in [4.78, 5) is 0. The summed E-state index contributed by atoms with van der Waals surface area (Å²) < 4.78 is 11.6. The molecule has 3 rings (SSSR count). The zero-order valence-corrected chi connectivity index (χ0v) is 13.1. The maximum Gasteiger partial charge on any atom is 0.161 e. The first-order valence-corrected chi connectivity index (χ1v) is 8.39. The summed E-state index contributed by atoms with van der Waals surface area (Å²) in [5.41, 5.74) is 0.489. The van der Waals surface area contributed by atoms with Gasteiger partial charge >= 0.3 is 0 Å². The summed E-state index contributed by atoms with van der Waals surface area (Å²) in [6.45, 7) is 4.64. The molecule has 0 aromatic heterocycles. The highest BCUT2D eigenvalue weighted by molar-refractivity contribution is 5.39. The van der Waals surface area contributed by atoms with E-state index in [1.807, 2.05) is 31.2 Å². The van der Waals surface area contributed by atoms with Gasteiger partial charge in [0.25, 0.3) is 0 Å². The maximum absolute atomic E-state index is 5.99. The van der Waals surface area contributed by atoms with Gasteiger partial charge < -0.3 is 14.8 Å². The third kappa shape index (κ3) is 3.91. The molecule has 0 unspecified atom stereocenters. The molecule has 1 N–H and O–H groups in total. The first-order valence-electron chi connectivity index (χ1n) is 8.39. The van der Waals surface area contributed by atoms with Crippen molar-refractivity contribution in [2.24, 2.45) is 5.41 Å². The van der Waals surface area contributed by atoms with Crippen molar-refractivity contribution in [2.45, 2.75) is 51.5 Å². The van der Waals surface area contributed by atoms with Crippen LogP contribution in [0.2, 0.25) is 0 Å². The molecule has 0 amide bonds. The Bertz CT molecular complexity index is 452. The SMILES string of the molecule is CCOc1ccccc1OCCC1(CNC2CC2)CCC1. The van der Waals surface area contributed by atoms with E-state index in [0.717, 1.165) is 30.6 Å². The third-order valence-corrected chi connectivity index (χ3v) is 4.80. The molecule has 0 spiro atoms. The average Bonchev–Trinajstić information content (AvgIpc) is 3.27. The lowest BCUT2D eigenvalue weighted by atomic mass is 9.66. The second-order valence-electron chi connectivity index (χ2n) is 6.49. The summed E-state index contributed by atoms with van der Waals surface area (Å²) in [6.07, 6.45) is 7.96. The largest absolute Gasteiger partial charge is 0.490 e. The van der Waals surface area contributed by atoms with Crippen LogP contribution in [0.1, 0.15) is 45.4 Å². The van der Waals surface area contributed by atoms with Crippen molar-refractivity contribution in [3.8, 4) is 11.5 Å². The van der Waals surface area contributed by atoms with Crippen LogP contribution in [0.5, 0.6) is 11.5 Å². The normalized spacial score (nSPS) is 19.9. The lowest BCUT2D eigenvalue weighted by Gasteiger charge is -2.42. The molecule has 2 fully saturated rings. The van der Waals surface area contributed by atoms with Crippen LogP contribution in [0.4, 0.5) is 0 Å². The molecule has 2 saturated carbocycles. The Balaban J connectivity index is 1.48. The molecule has 0 saturated heterocycles. The maximum atomic E-state index is 5.99. The number of hydrogen-bond donors (Lipinski definition) is 1. The van der Waals surface area contributed by atoms with Crippen LogP contribution in [-0.4, -0.2) is 25.8 Å². The fourth-order valence-corrected chi connectivity index (χ4v) is 3.06. The fraction of sp³-hybridized carbons (Fsp3) is 0.667. The van der Waals surface area contributed by atoms with Gasteiger partial charge in [-0.25, -0.2) is 0 Å². The molecule has 1 aromatic carbocycles. The summed E-state index contributed by atoms with van der Waals surface area (Å²) >= 11 is 0. The Hall–Kier alpha value is -1.22. The molecule has 3 heteroatoms. The van der Waals surface area contributed by atoms with Gasteiger partial charge in [-0.2, -0.15) is 0 Å². The Morgan fingerprint density at radius 2 is 1.86 bits per heavy atom. The Kier molecular flexibility index (Phi) is 4.69. The number of ether oxygens (including phenoxy) is 2. The topological polar surface area (TPSA) is 30.5 Å². The molecule has 1 aromatic rings. The smallest absolute Gasteiger partial charge is 0.161 e. The van der Waals surface area contributed by atoms with Crippen LogP contribution in [0.15, 0.2) is 24.3 Å². The molecule has 2 aliphatic carbocycles.